The summed E-state index contributed by atoms with van der Waals surface area (Å²) < 4.78 is 32.8. The highest BCUT2D eigenvalue weighted by Crippen LogP contribution is 2.30. The maximum atomic E-state index is 12.1. The molecule has 0 aliphatic heterocycles. The number of hydrogen-bond donors (Lipinski definition) is 1. The Morgan fingerprint density at radius 2 is 2.18 bits per heavy atom. The number of alkyl halides is 2. The lowest BCUT2D eigenvalue weighted by molar-refractivity contribution is -0.0518. The quantitative estimate of drug-likeness (QED) is 0.668. The second kappa shape index (κ2) is 5.50. The van der Waals surface area contributed by atoms with Gasteiger partial charge < -0.3 is 9.47 Å². The van der Waals surface area contributed by atoms with Crippen LogP contribution in [0.15, 0.2) is 17.0 Å². The molecule has 0 saturated carbocycles. The topological polar surface area (TPSA) is 59.3 Å². The highest BCUT2D eigenvalue weighted by Gasteiger charge is 2.17. The molecule has 1 aromatic rings. The molecule has 1 rings (SSSR count). The summed E-state index contributed by atoms with van der Waals surface area (Å²) >= 11 is 3.88. The van der Waals surface area contributed by atoms with Gasteiger partial charge in [0.2, 0.25) is 0 Å². The summed E-state index contributed by atoms with van der Waals surface area (Å²) in [6.45, 7) is -3.07. The number of halogens is 2. The third-order valence-electron chi connectivity index (χ3n) is 1.82. The fraction of sp³-hybridized carbons (Fsp3) is 0.200. The number of hydrogen-bond acceptors (Lipinski definition) is 5. The first-order valence-electron chi connectivity index (χ1n) is 4.29. The average molecular weight is 259 g/mol. The summed E-state index contributed by atoms with van der Waals surface area (Å²) in [6.07, 6.45) is 0. The van der Waals surface area contributed by atoms with Gasteiger partial charge in [0.25, 0.3) is 0 Å². The van der Waals surface area contributed by atoms with Gasteiger partial charge in [-0.15, -0.1) is 12.6 Å². The summed E-state index contributed by atoms with van der Waals surface area (Å²) in [5.74, 6) is -1.06. The summed E-state index contributed by atoms with van der Waals surface area (Å²) in [6, 6.07) is 3.93. The van der Waals surface area contributed by atoms with E-state index in [1.54, 1.807) is 6.07 Å². The Hall–Kier alpha value is -1.81. The molecule has 17 heavy (non-hydrogen) atoms. The number of ether oxygens (including phenoxy) is 2. The van der Waals surface area contributed by atoms with Gasteiger partial charge in [-0.25, -0.2) is 4.79 Å². The van der Waals surface area contributed by atoms with E-state index in [9.17, 15) is 13.6 Å². The van der Waals surface area contributed by atoms with Crippen LogP contribution in [0, 0.1) is 11.3 Å². The Morgan fingerprint density at radius 3 is 2.65 bits per heavy atom. The molecule has 0 bridgehead atoms. The van der Waals surface area contributed by atoms with Crippen LogP contribution in [0.1, 0.15) is 15.9 Å². The molecule has 0 radical (unpaired) electrons. The highest BCUT2D eigenvalue weighted by molar-refractivity contribution is 7.80. The minimum atomic E-state index is -3.07. The van der Waals surface area contributed by atoms with Crippen LogP contribution in [-0.4, -0.2) is 19.7 Å². The summed E-state index contributed by atoms with van der Waals surface area (Å²) in [7, 11) is 1.16. The van der Waals surface area contributed by atoms with Crippen LogP contribution < -0.4 is 4.74 Å². The van der Waals surface area contributed by atoms with E-state index in [2.05, 4.69) is 22.1 Å². The van der Waals surface area contributed by atoms with Gasteiger partial charge in [0.1, 0.15) is 6.07 Å². The Labute approximate surface area is 101 Å². The molecule has 0 amide bonds. The summed E-state index contributed by atoms with van der Waals surface area (Å²) in [5.41, 5.74) is -0.172. The number of carbonyl (C=O) groups excluding carboxylic acids is 1. The molecule has 0 aromatic heterocycles. The predicted molar refractivity (Wildman–Crippen MR) is 56.4 cm³/mol. The summed E-state index contributed by atoms with van der Waals surface area (Å²) in [4.78, 5) is 11.2. The maximum Gasteiger partial charge on any atom is 0.387 e. The van der Waals surface area contributed by atoms with Crippen LogP contribution in [0.3, 0.4) is 0 Å². The number of esters is 1. The van der Waals surface area contributed by atoms with Crippen LogP contribution >= 0.6 is 12.6 Å². The van der Waals surface area contributed by atoms with Crippen LogP contribution in [-0.2, 0) is 4.74 Å². The molecule has 0 spiro atoms. The normalized spacial score (nSPS) is 9.88. The lowest BCUT2D eigenvalue weighted by atomic mass is 10.1. The van der Waals surface area contributed by atoms with Gasteiger partial charge in [0, 0.05) is 4.90 Å². The van der Waals surface area contributed by atoms with Crippen molar-refractivity contribution in [3.63, 3.8) is 0 Å². The molecule has 0 fully saturated rings. The van der Waals surface area contributed by atoms with Gasteiger partial charge in [-0.05, 0) is 12.1 Å². The zero-order valence-electron chi connectivity index (χ0n) is 8.61. The first kappa shape index (κ1) is 13.3. The summed E-state index contributed by atoms with van der Waals surface area (Å²) in [5, 5.41) is 8.77. The standard InChI is InChI=1S/C10H7F2NO3S/c1-15-9(14)5-2-6(4-13)8(7(17)3-5)16-10(11)12/h2-3,10,17H,1H3. The van der Waals surface area contributed by atoms with Gasteiger partial charge in [-0.1, -0.05) is 0 Å². The predicted octanol–water partition coefficient (Wildman–Crippen LogP) is 2.23. The zero-order chi connectivity index (χ0) is 13.0. The van der Waals surface area contributed by atoms with Crippen LogP contribution in [0.4, 0.5) is 8.78 Å². The fourth-order valence-electron chi connectivity index (χ4n) is 1.15. The second-order valence-electron chi connectivity index (χ2n) is 2.85. The number of nitriles is 1. The first-order valence-corrected chi connectivity index (χ1v) is 4.74. The molecule has 0 unspecified atom stereocenters. The van der Waals surface area contributed by atoms with E-state index < -0.39 is 12.6 Å². The number of benzene rings is 1. The van der Waals surface area contributed by atoms with Gasteiger partial charge in [-0.2, -0.15) is 14.0 Å². The lowest BCUT2D eigenvalue weighted by Gasteiger charge is -2.10. The van der Waals surface area contributed by atoms with Crippen molar-refractivity contribution >= 4 is 18.6 Å². The third-order valence-corrected chi connectivity index (χ3v) is 2.15. The molecule has 0 N–H and O–H groups in total. The van der Waals surface area contributed by atoms with Crippen molar-refractivity contribution in [2.24, 2.45) is 0 Å². The van der Waals surface area contributed by atoms with Gasteiger partial charge in [0.05, 0.1) is 18.2 Å². The number of methoxy groups -OCH3 is 1. The molecule has 7 heteroatoms. The van der Waals surface area contributed by atoms with Crippen molar-refractivity contribution in [1.29, 1.82) is 5.26 Å². The van der Waals surface area contributed by atoms with Gasteiger partial charge >= 0.3 is 12.6 Å². The van der Waals surface area contributed by atoms with E-state index in [4.69, 9.17) is 5.26 Å². The van der Waals surface area contributed by atoms with E-state index in [-0.39, 0.29) is 21.8 Å². The van der Waals surface area contributed by atoms with Gasteiger partial charge in [0.15, 0.2) is 5.75 Å². The van der Waals surface area contributed by atoms with Crippen molar-refractivity contribution in [3.8, 4) is 11.8 Å². The van der Waals surface area contributed by atoms with Crippen molar-refractivity contribution in [2.75, 3.05) is 7.11 Å². The van der Waals surface area contributed by atoms with Crippen molar-refractivity contribution < 1.29 is 23.0 Å². The fourth-order valence-corrected chi connectivity index (χ4v) is 1.46. The molecular formula is C10H7F2NO3S. The third kappa shape index (κ3) is 3.07. The lowest BCUT2D eigenvalue weighted by Crippen LogP contribution is -2.07. The number of nitrogens with zero attached hydrogens (tertiary/aromatic N) is 1. The molecular weight excluding hydrogens is 252 g/mol. The molecule has 90 valence electrons. The van der Waals surface area contributed by atoms with E-state index in [0.717, 1.165) is 13.2 Å². The Morgan fingerprint density at radius 1 is 1.53 bits per heavy atom. The Kier molecular flexibility index (Phi) is 4.29. The van der Waals surface area contributed by atoms with Crippen LogP contribution in [0.5, 0.6) is 5.75 Å². The van der Waals surface area contributed by atoms with E-state index >= 15 is 0 Å². The van der Waals surface area contributed by atoms with Gasteiger partial charge in [-0.3, -0.25) is 0 Å². The number of thiol groups is 1. The molecule has 4 nitrogen and oxygen atoms in total. The second-order valence-corrected chi connectivity index (χ2v) is 3.34. The maximum absolute atomic E-state index is 12.1. The molecule has 0 saturated heterocycles. The Bertz CT molecular complexity index is 485. The molecule has 1 aromatic carbocycles. The SMILES string of the molecule is COC(=O)c1cc(S)c(OC(F)F)c(C#N)c1. The van der Waals surface area contributed by atoms with E-state index in [1.807, 2.05) is 0 Å². The Balaban J connectivity index is 3.27. The van der Waals surface area contributed by atoms with E-state index in [0.29, 0.717) is 0 Å². The largest absolute Gasteiger partial charge is 0.465 e. The first-order chi connectivity index (χ1) is 7.99. The van der Waals surface area contributed by atoms with Crippen molar-refractivity contribution in [2.45, 2.75) is 11.5 Å². The number of carbonyl (C=O) groups is 1. The number of rotatable bonds is 3. The smallest absolute Gasteiger partial charge is 0.387 e. The van der Waals surface area contributed by atoms with Crippen LogP contribution in [0.2, 0.25) is 0 Å². The minimum Gasteiger partial charge on any atom is -0.465 e. The van der Waals surface area contributed by atoms with E-state index in [1.165, 1.54) is 6.07 Å². The monoisotopic (exact) mass is 259 g/mol. The molecule has 0 heterocycles. The van der Waals surface area contributed by atoms with Crippen LogP contribution in [0.25, 0.3) is 0 Å². The minimum absolute atomic E-state index is 0.0373. The molecule has 0 atom stereocenters. The van der Waals surface area contributed by atoms with Crippen molar-refractivity contribution in [3.05, 3.63) is 23.3 Å². The molecule has 0 aliphatic carbocycles. The average Bonchev–Trinajstić information content (AvgIpc) is 2.29. The zero-order valence-corrected chi connectivity index (χ0v) is 9.50. The highest BCUT2D eigenvalue weighted by atomic mass is 32.1. The van der Waals surface area contributed by atoms with Crippen molar-refractivity contribution in [1.82, 2.24) is 0 Å². The molecule has 0 aliphatic rings.